The predicted molar refractivity (Wildman–Crippen MR) is 45.7 cm³/mol. The van der Waals surface area contributed by atoms with Crippen molar-refractivity contribution >= 4 is 5.82 Å². The first-order valence-corrected chi connectivity index (χ1v) is 3.71. The Labute approximate surface area is 70.9 Å². The molecule has 0 bridgehead atoms. The van der Waals surface area contributed by atoms with Crippen LogP contribution in [0.25, 0.3) is 0 Å². The van der Waals surface area contributed by atoms with Gasteiger partial charge in [-0.3, -0.25) is 0 Å². The lowest BCUT2D eigenvalue weighted by Gasteiger charge is -2.04. The number of nitrogens with one attached hydrogen (secondary N) is 1. The molecule has 0 fully saturated rings. The summed E-state index contributed by atoms with van der Waals surface area (Å²) in [6.45, 7) is 4.26. The van der Waals surface area contributed by atoms with Crippen LogP contribution in [0.5, 0.6) is 5.88 Å². The molecule has 1 heterocycles. The minimum absolute atomic E-state index is 0.540. The molecule has 66 valence electrons. The number of hydrazine groups is 1. The van der Waals surface area contributed by atoms with E-state index < -0.39 is 0 Å². The normalized spacial score (nSPS) is 9.58. The number of hydrogen-bond acceptors (Lipinski definition) is 5. The van der Waals surface area contributed by atoms with Gasteiger partial charge >= 0.3 is 0 Å². The number of rotatable bonds is 3. The van der Waals surface area contributed by atoms with Crippen LogP contribution in [0.1, 0.15) is 12.7 Å². The molecule has 5 nitrogen and oxygen atoms in total. The van der Waals surface area contributed by atoms with Gasteiger partial charge in [-0.05, 0) is 13.8 Å². The van der Waals surface area contributed by atoms with E-state index >= 15 is 0 Å². The highest BCUT2D eigenvalue weighted by Gasteiger charge is 1.99. The van der Waals surface area contributed by atoms with Crippen molar-refractivity contribution in [2.75, 3.05) is 12.0 Å². The first-order chi connectivity index (χ1) is 5.76. The fourth-order valence-electron chi connectivity index (χ4n) is 0.836. The molecule has 1 aromatic heterocycles. The number of aryl methyl sites for hydroxylation is 1. The van der Waals surface area contributed by atoms with Crippen LogP contribution in [0, 0.1) is 6.92 Å². The van der Waals surface area contributed by atoms with E-state index in [-0.39, 0.29) is 0 Å². The molecule has 3 N–H and O–H groups in total. The molecule has 0 aliphatic rings. The average molecular weight is 168 g/mol. The van der Waals surface area contributed by atoms with E-state index in [2.05, 4.69) is 15.4 Å². The third-order valence-electron chi connectivity index (χ3n) is 1.25. The molecule has 1 aromatic rings. The van der Waals surface area contributed by atoms with E-state index in [0.717, 1.165) is 0 Å². The van der Waals surface area contributed by atoms with Crippen LogP contribution < -0.4 is 16.0 Å². The van der Waals surface area contributed by atoms with Crippen molar-refractivity contribution in [1.29, 1.82) is 0 Å². The van der Waals surface area contributed by atoms with Gasteiger partial charge in [-0.25, -0.2) is 10.8 Å². The van der Waals surface area contributed by atoms with Crippen molar-refractivity contribution in [1.82, 2.24) is 9.97 Å². The van der Waals surface area contributed by atoms with Gasteiger partial charge in [-0.2, -0.15) is 4.98 Å². The minimum Gasteiger partial charge on any atom is -0.478 e. The van der Waals surface area contributed by atoms with Gasteiger partial charge < -0.3 is 10.2 Å². The number of hydrogen-bond donors (Lipinski definition) is 2. The van der Waals surface area contributed by atoms with Crippen molar-refractivity contribution in [2.45, 2.75) is 13.8 Å². The Kier molecular flexibility index (Phi) is 2.82. The van der Waals surface area contributed by atoms with Crippen molar-refractivity contribution < 1.29 is 4.74 Å². The SMILES string of the molecule is CCOc1cc(NN)nc(C)n1. The maximum atomic E-state index is 5.19. The van der Waals surface area contributed by atoms with Gasteiger partial charge in [0.2, 0.25) is 5.88 Å². The summed E-state index contributed by atoms with van der Waals surface area (Å²) in [7, 11) is 0. The number of nitrogens with two attached hydrogens (primary N) is 1. The molecule has 0 aliphatic heterocycles. The van der Waals surface area contributed by atoms with E-state index in [1.807, 2.05) is 6.92 Å². The standard InChI is InChI=1S/C7H12N4O/c1-3-12-7-4-6(11-8)9-5(2)10-7/h4H,3,8H2,1-2H3,(H,9,10,11). The molecule has 5 heteroatoms. The summed E-state index contributed by atoms with van der Waals surface area (Å²) in [6, 6.07) is 1.65. The Morgan fingerprint density at radius 1 is 1.58 bits per heavy atom. The second-order valence-corrected chi connectivity index (χ2v) is 2.22. The summed E-state index contributed by atoms with van der Waals surface area (Å²) in [5.74, 6) is 6.92. The molecule has 0 unspecified atom stereocenters. The Morgan fingerprint density at radius 3 is 2.92 bits per heavy atom. The highest BCUT2D eigenvalue weighted by atomic mass is 16.5. The number of ether oxygens (including phenoxy) is 1. The van der Waals surface area contributed by atoms with Crippen molar-refractivity contribution in [2.24, 2.45) is 5.84 Å². The Bertz CT molecular complexity index is 264. The van der Waals surface area contributed by atoms with Gasteiger partial charge in [0, 0.05) is 6.07 Å². The lowest BCUT2D eigenvalue weighted by Crippen LogP contribution is -2.10. The van der Waals surface area contributed by atoms with E-state index in [1.54, 1.807) is 13.0 Å². The lowest BCUT2D eigenvalue weighted by molar-refractivity contribution is 0.325. The average Bonchev–Trinajstić information content (AvgIpc) is 2.04. The van der Waals surface area contributed by atoms with E-state index in [4.69, 9.17) is 10.6 Å². The second-order valence-electron chi connectivity index (χ2n) is 2.22. The zero-order valence-electron chi connectivity index (χ0n) is 7.16. The van der Waals surface area contributed by atoms with Crippen LogP contribution in [0.4, 0.5) is 5.82 Å². The number of anilines is 1. The molecule has 0 spiro atoms. The highest BCUT2D eigenvalue weighted by molar-refractivity contribution is 5.36. The molecule has 0 saturated heterocycles. The molecule has 0 aliphatic carbocycles. The summed E-state index contributed by atoms with van der Waals surface area (Å²) in [5.41, 5.74) is 2.44. The maximum absolute atomic E-state index is 5.19. The van der Waals surface area contributed by atoms with E-state index in [9.17, 15) is 0 Å². The molecule has 0 radical (unpaired) electrons. The van der Waals surface area contributed by atoms with Gasteiger partial charge in [0.1, 0.15) is 11.6 Å². The summed E-state index contributed by atoms with van der Waals surface area (Å²) >= 11 is 0. The van der Waals surface area contributed by atoms with Gasteiger partial charge in [0.05, 0.1) is 6.61 Å². The third kappa shape index (κ3) is 2.06. The Hall–Kier alpha value is -1.36. The second kappa shape index (κ2) is 3.87. The summed E-state index contributed by atoms with van der Waals surface area (Å²) < 4.78 is 5.18. The zero-order chi connectivity index (χ0) is 8.97. The molecule has 12 heavy (non-hydrogen) atoms. The van der Waals surface area contributed by atoms with Crippen LogP contribution in [0.2, 0.25) is 0 Å². The van der Waals surface area contributed by atoms with E-state index in [0.29, 0.717) is 24.1 Å². The largest absolute Gasteiger partial charge is 0.478 e. The number of aromatic nitrogens is 2. The molecule has 1 rings (SSSR count). The molecule has 0 atom stereocenters. The first kappa shape index (κ1) is 8.73. The zero-order valence-corrected chi connectivity index (χ0v) is 7.16. The molecule has 0 saturated carbocycles. The highest BCUT2D eigenvalue weighted by Crippen LogP contribution is 2.11. The third-order valence-corrected chi connectivity index (χ3v) is 1.25. The monoisotopic (exact) mass is 168 g/mol. The van der Waals surface area contributed by atoms with Gasteiger partial charge in [0.25, 0.3) is 0 Å². The predicted octanol–water partition coefficient (Wildman–Crippen LogP) is 0.469. The van der Waals surface area contributed by atoms with Crippen LogP contribution in [-0.4, -0.2) is 16.6 Å². The van der Waals surface area contributed by atoms with Crippen LogP contribution in [-0.2, 0) is 0 Å². The molecule has 0 aromatic carbocycles. The number of nitrogen functional groups attached to an aromatic ring is 1. The van der Waals surface area contributed by atoms with Crippen LogP contribution >= 0.6 is 0 Å². The fourth-order valence-corrected chi connectivity index (χ4v) is 0.836. The van der Waals surface area contributed by atoms with Crippen LogP contribution in [0.15, 0.2) is 6.07 Å². The first-order valence-electron chi connectivity index (χ1n) is 3.71. The van der Waals surface area contributed by atoms with Gasteiger partial charge in [-0.15, -0.1) is 0 Å². The topological polar surface area (TPSA) is 73.1 Å². The summed E-state index contributed by atoms with van der Waals surface area (Å²) in [4.78, 5) is 8.05. The minimum atomic E-state index is 0.540. The smallest absolute Gasteiger partial charge is 0.218 e. The quantitative estimate of drug-likeness (QED) is 0.507. The van der Waals surface area contributed by atoms with Crippen molar-refractivity contribution in [3.63, 3.8) is 0 Å². The summed E-state index contributed by atoms with van der Waals surface area (Å²) in [5, 5.41) is 0. The maximum Gasteiger partial charge on any atom is 0.218 e. The Balaban J connectivity index is 2.90. The summed E-state index contributed by atoms with van der Waals surface area (Å²) in [6.07, 6.45) is 0. The Morgan fingerprint density at radius 2 is 2.33 bits per heavy atom. The van der Waals surface area contributed by atoms with E-state index in [1.165, 1.54) is 0 Å². The van der Waals surface area contributed by atoms with Crippen molar-refractivity contribution in [3.8, 4) is 5.88 Å². The number of nitrogens with zero attached hydrogens (tertiary/aromatic N) is 2. The molecular formula is C7H12N4O. The van der Waals surface area contributed by atoms with Crippen molar-refractivity contribution in [3.05, 3.63) is 11.9 Å². The van der Waals surface area contributed by atoms with Gasteiger partial charge in [0.15, 0.2) is 0 Å². The lowest BCUT2D eigenvalue weighted by atomic mass is 10.5. The molecule has 0 amide bonds. The fraction of sp³-hybridized carbons (Fsp3) is 0.429. The van der Waals surface area contributed by atoms with Crippen LogP contribution in [0.3, 0.4) is 0 Å². The van der Waals surface area contributed by atoms with Gasteiger partial charge in [-0.1, -0.05) is 0 Å². The molecular weight excluding hydrogens is 156 g/mol.